The molecule has 0 atom stereocenters. The van der Waals surface area contributed by atoms with Gasteiger partial charge in [-0.15, -0.1) is 0 Å². The number of pyridine rings is 1. The van der Waals surface area contributed by atoms with E-state index in [9.17, 15) is 17.2 Å². The van der Waals surface area contributed by atoms with Gasteiger partial charge in [0.2, 0.25) is 10.0 Å². The number of hydrogen-bond donors (Lipinski definition) is 1. The number of alkyl halides is 2. The van der Waals surface area contributed by atoms with Crippen molar-refractivity contribution in [2.75, 3.05) is 0 Å². The molecule has 0 spiro atoms. The lowest BCUT2D eigenvalue weighted by Gasteiger charge is -2.07. The maximum atomic E-state index is 12.3. The van der Waals surface area contributed by atoms with Crippen LogP contribution in [0.1, 0.15) is 23.4 Å². The summed E-state index contributed by atoms with van der Waals surface area (Å²) in [4.78, 5) is 2.73. The second kappa shape index (κ2) is 4.11. The molecule has 0 saturated carbocycles. The van der Waals surface area contributed by atoms with Crippen molar-refractivity contribution in [2.24, 2.45) is 5.14 Å². The van der Waals surface area contributed by atoms with Crippen LogP contribution in [0.3, 0.4) is 0 Å². The smallest absolute Gasteiger partial charge is 0.235 e. The lowest BCUT2D eigenvalue weighted by atomic mass is 10.2. The van der Waals surface area contributed by atoms with Crippen LogP contribution in [-0.4, -0.2) is 13.4 Å². The number of rotatable bonds is 2. The SMILES string of the molecule is Cc1cc(C(F)F)nc(C#N)c1S(N)(=O)=O. The Balaban J connectivity index is 3.62. The van der Waals surface area contributed by atoms with Crippen LogP contribution in [0.25, 0.3) is 0 Å². The van der Waals surface area contributed by atoms with Crippen LogP contribution in [-0.2, 0) is 10.0 Å². The molecule has 0 bridgehead atoms. The summed E-state index contributed by atoms with van der Waals surface area (Å²) in [5, 5.41) is 13.5. The van der Waals surface area contributed by atoms with Crippen molar-refractivity contribution >= 4 is 10.0 Å². The summed E-state index contributed by atoms with van der Waals surface area (Å²) in [6, 6.07) is 2.33. The molecule has 1 aromatic heterocycles. The van der Waals surface area contributed by atoms with E-state index < -0.39 is 32.7 Å². The molecule has 0 fully saturated rings. The highest BCUT2D eigenvalue weighted by Crippen LogP contribution is 2.23. The van der Waals surface area contributed by atoms with E-state index in [0.29, 0.717) is 0 Å². The monoisotopic (exact) mass is 247 g/mol. The van der Waals surface area contributed by atoms with Crippen LogP contribution in [0.15, 0.2) is 11.0 Å². The number of nitrogens with zero attached hydrogens (tertiary/aromatic N) is 2. The van der Waals surface area contributed by atoms with Crippen LogP contribution in [0.5, 0.6) is 0 Å². The van der Waals surface area contributed by atoms with Gasteiger partial charge in [-0.1, -0.05) is 0 Å². The molecule has 0 unspecified atom stereocenters. The molecule has 2 N–H and O–H groups in total. The van der Waals surface area contributed by atoms with E-state index in [0.717, 1.165) is 6.07 Å². The third-order valence-corrected chi connectivity index (χ3v) is 2.88. The van der Waals surface area contributed by atoms with E-state index in [4.69, 9.17) is 10.4 Å². The number of primary sulfonamides is 1. The number of sulfonamides is 1. The molecular weight excluding hydrogens is 240 g/mol. The molecule has 1 aromatic rings. The number of nitrogens with two attached hydrogens (primary N) is 1. The first-order valence-corrected chi connectivity index (χ1v) is 5.54. The van der Waals surface area contributed by atoms with Crippen molar-refractivity contribution < 1.29 is 17.2 Å². The van der Waals surface area contributed by atoms with E-state index in [1.165, 1.54) is 13.0 Å². The molecule has 0 aliphatic carbocycles. The fourth-order valence-electron chi connectivity index (χ4n) is 1.23. The highest BCUT2D eigenvalue weighted by molar-refractivity contribution is 7.89. The fourth-order valence-corrected chi connectivity index (χ4v) is 2.10. The number of nitriles is 1. The van der Waals surface area contributed by atoms with Crippen LogP contribution < -0.4 is 5.14 Å². The predicted molar refractivity (Wildman–Crippen MR) is 50.0 cm³/mol. The molecule has 0 aromatic carbocycles. The minimum atomic E-state index is -4.15. The van der Waals surface area contributed by atoms with E-state index >= 15 is 0 Å². The molecule has 0 saturated heterocycles. The lowest BCUT2D eigenvalue weighted by Crippen LogP contribution is -2.17. The predicted octanol–water partition coefficient (Wildman–Crippen LogP) is 0.847. The highest BCUT2D eigenvalue weighted by atomic mass is 32.2. The van der Waals surface area contributed by atoms with Crippen LogP contribution in [0, 0.1) is 18.3 Å². The van der Waals surface area contributed by atoms with Gasteiger partial charge in [-0.25, -0.2) is 27.3 Å². The summed E-state index contributed by atoms with van der Waals surface area (Å²) in [5.41, 5.74) is -1.29. The van der Waals surface area contributed by atoms with E-state index in [2.05, 4.69) is 4.98 Å². The van der Waals surface area contributed by atoms with Crippen LogP contribution in [0.2, 0.25) is 0 Å². The molecular formula is C8H7F2N3O2S. The molecule has 86 valence electrons. The zero-order chi connectivity index (χ0) is 12.5. The van der Waals surface area contributed by atoms with Crippen molar-refractivity contribution in [3.8, 4) is 6.07 Å². The summed E-state index contributed by atoms with van der Waals surface area (Å²) in [7, 11) is -4.15. The van der Waals surface area contributed by atoms with Gasteiger partial charge in [0.15, 0.2) is 5.69 Å². The fraction of sp³-hybridized carbons (Fsp3) is 0.250. The van der Waals surface area contributed by atoms with Crippen molar-refractivity contribution in [1.82, 2.24) is 4.98 Å². The average Bonchev–Trinajstić information content (AvgIpc) is 2.14. The lowest BCUT2D eigenvalue weighted by molar-refractivity contribution is 0.145. The number of halogens is 2. The summed E-state index contributed by atoms with van der Waals surface area (Å²) >= 11 is 0. The topological polar surface area (TPSA) is 96.8 Å². The zero-order valence-corrected chi connectivity index (χ0v) is 8.92. The normalized spacial score (nSPS) is 11.5. The van der Waals surface area contributed by atoms with Gasteiger partial charge in [0.1, 0.15) is 16.7 Å². The number of hydrogen-bond acceptors (Lipinski definition) is 4. The molecule has 0 radical (unpaired) electrons. The van der Waals surface area contributed by atoms with Gasteiger partial charge in [0.25, 0.3) is 6.43 Å². The van der Waals surface area contributed by atoms with E-state index in [1.54, 1.807) is 0 Å². The Morgan fingerprint density at radius 2 is 2.12 bits per heavy atom. The third kappa shape index (κ3) is 2.32. The van der Waals surface area contributed by atoms with Gasteiger partial charge in [-0.05, 0) is 18.6 Å². The van der Waals surface area contributed by atoms with Crippen molar-refractivity contribution in [1.29, 1.82) is 5.26 Å². The van der Waals surface area contributed by atoms with Gasteiger partial charge in [-0.3, -0.25) is 0 Å². The summed E-state index contributed by atoms with van der Waals surface area (Å²) < 4.78 is 46.9. The van der Waals surface area contributed by atoms with Gasteiger partial charge in [0, 0.05) is 0 Å². The molecule has 1 heterocycles. The quantitative estimate of drug-likeness (QED) is 0.837. The maximum Gasteiger partial charge on any atom is 0.280 e. The molecule has 0 amide bonds. The van der Waals surface area contributed by atoms with Crippen LogP contribution >= 0.6 is 0 Å². The first-order valence-electron chi connectivity index (χ1n) is 4.00. The van der Waals surface area contributed by atoms with Crippen molar-refractivity contribution in [3.63, 3.8) is 0 Å². The molecule has 0 aliphatic heterocycles. The van der Waals surface area contributed by atoms with Gasteiger partial charge in [0.05, 0.1) is 0 Å². The Morgan fingerprint density at radius 1 is 1.56 bits per heavy atom. The molecule has 16 heavy (non-hydrogen) atoms. The summed E-state index contributed by atoms with van der Waals surface area (Å²) in [6.07, 6.45) is -2.87. The van der Waals surface area contributed by atoms with Gasteiger partial charge < -0.3 is 0 Å². The molecule has 0 aliphatic rings. The van der Waals surface area contributed by atoms with Gasteiger partial charge >= 0.3 is 0 Å². The molecule has 1 rings (SSSR count). The number of aromatic nitrogens is 1. The Bertz CT molecular complexity index is 563. The Labute approximate surface area is 90.6 Å². The van der Waals surface area contributed by atoms with E-state index in [1.807, 2.05) is 0 Å². The van der Waals surface area contributed by atoms with Gasteiger partial charge in [-0.2, -0.15) is 5.26 Å². The largest absolute Gasteiger partial charge is 0.280 e. The Kier molecular flexibility index (Phi) is 3.21. The van der Waals surface area contributed by atoms with Crippen LogP contribution in [0.4, 0.5) is 8.78 Å². The summed E-state index contributed by atoms with van der Waals surface area (Å²) in [6.45, 7) is 1.27. The standard InChI is InChI=1S/C8H7F2N3O2S/c1-4-2-5(8(9)10)13-6(3-11)7(4)16(12,14)15/h2,8H,1H3,(H2,12,14,15). The van der Waals surface area contributed by atoms with Crippen molar-refractivity contribution in [3.05, 3.63) is 23.0 Å². The second-order valence-electron chi connectivity index (χ2n) is 3.00. The average molecular weight is 247 g/mol. The highest BCUT2D eigenvalue weighted by Gasteiger charge is 2.22. The Hall–Kier alpha value is -1.59. The van der Waals surface area contributed by atoms with E-state index in [-0.39, 0.29) is 5.56 Å². The third-order valence-electron chi connectivity index (χ3n) is 1.79. The summed E-state index contributed by atoms with van der Waals surface area (Å²) in [5.74, 6) is 0. The minimum absolute atomic E-state index is 0.0237. The minimum Gasteiger partial charge on any atom is -0.235 e. The maximum absolute atomic E-state index is 12.3. The zero-order valence-electron chi connectivity index (χ0n) is 8.11. The van der Waals surface area contributed by atoms with Crippen molar-refractivity contribution in [2.45, 2.75) is 18.2 Å². The molecule has 5 nitrogen and oxygen atoms in total. The molecule has 8 heteroatoms. The number of aryl methyl sites for hydroxylation is 1. The second-order valence-corrected chi connectivity index (χ2v) is 4.50. The first kappa shape index (κ1) is 12.5. The first-order chi connectivity index (χ1) is 7.27. The Morgan fingerprint density at radius 3 is 2.50 bits per heavy atom.